The number of nitrogens with zero attached hydrogens (tertiary/aromatic N) is 1. The van der Waals surface area contributed by atoms with E-state index in [2.05, 4.69) is 15.9 Å². The van der Waals surface area contributed by atoms with Gasteiger partial charge in [-0.15, -0.1) is 0 Å². The van der Waals surface area contributed by atoms with Crippen LogP contribution in [-0.4, -0.2) is 29.0 Å². The van der Waals surface area contributed by atoms with Gasteiger partial charge >= 0.3 is 0 Å². The fourth-order valence-corrected chi connectivity index (χ4v) is 4.63. The topological polar surface area (TPSA) is 40.5 Å². The van der Waals surface area contributed by atoms with Crippen LogP contribution in [0.2, 0.25) is 0 Å². The van der Waals surface area contributed by atoms with Crippen molar-refractivity contribution in [2.75, 3.05) is 13.1 Å². The van der Waals surface area contributed by atoms with Gasteiger partial charge in [0, 0.05) is 15.4 Å². The van der Waals surface area contributed by atoms with Crippen LogP contribution in [0.1, 0.15) is 18.4 Å². The van der Waals surface area contributed by atoms with E-state index in [1.165, 1.54) is 0 Å². The zero-order valence-corrected chi connectivity index (χ0v) is 11.6. The molecule has 0 unspecified atom stereocenters. The van der Waals surface area contributed by atoms with E-state index in [-0.39, 0.29) is 11.3 Å². The molecule has 1 amide bonds. The minimum Gasteiger partial charge on any atom is -0.381 e. The predicted octanol–water partition coefficient (Wildman–Crippen LogP) is 1.95. The van der Waals surface area contributed by atoms with Gasteiger partial charge in [0.25, 0.3) is 0 Å². The zero-order chi connectivity index (χ0) is 11.8. The van der Waals surface area contributed by atoms with Crippen LogP contribution in [0.5, 0.6) is 0 Å². The van der Waals surface area contributed by atoms with Crippen LogP contribution in [0, 0.1) is 11.3 Å². The fourth-order valence-electron chi connectivity index (χ4n) is 2.88. The van der Waals surface area contributed by atoms with Gasteiger partial charge in [-0.25, -0.2) is 0 Å². The molecule has 3 nitrogen and oxygen atoms in total. The molecule has 0 atom stereocenters. The molecule has 2 heterocycles. The Morgan fingerprint density at radius 2 is 2.12 bits per heavy atom. The number of hydrogen-bond acceptors (Lipinski definition) is 3. The maximum Gasteiger partial charge on any atom is 0.229 e. The smallest absolute Gasteiger partial charge is 0.229 e. The van der Waals surface area contributed by atoms with Gasteiger partial charge < -0.3 is 10.0 Å². The highest BCUT2D eigenvalue weighted by Crippen LogP contribution is 2.76. The van der Waals surface area contributed by atoms with Crippen molar-refractivity contribution < 1.29 is 9.90 Å². The molecule has 90 valence electrons. The highest BCUT2D eigenvalue weighted by Gasteiger charge is 2.76. The summed E-state index contributed by atoms with van der Waals surface area (Å²) in [7, 11) is 0. The average Bonchev–Trinajstić information content (AvgIpc) is 3.04. The third-order valence-corrected chi connectivity index (χ3v) is 6.12. The lowest BCUT2D eigenvalue weighted by molar-refractivity contribution is -0.160. The van der Waals surface area contributed by atoms with Crippen LogP contribution in [0.3, 0.4) is 0 Å². The normalized spacial score (nSPS) is 36.1. The number of fused-ring (bicyclic) bond motifs is 1. The van der Waals surface area contributed by atoms with Gasteiger partial charge in [0.2, 0.25) is 5.91 Å². The number of halogens is 1. The molecule has 0 radical (unpaired) electrons. The fraction of sp³-hybridized carbons (Fsp3) is 0.583. The van der Waals surface area contributed by atoms with Gasteiger partial charge in [-0.05, 0) is 40.1 Å². The maximum atomic E-state index is 12.1. The number of β-amino-alcohol motifs (C(OH)–C–C–N with tert-alkyl or cyclic N) is 1. The molecule has 1 aromatic heterocycles. The van der Waals surface area contributed by atoms with Crippen LogP contribution in [0.15, 0.2) is 15.2 Å². The van der Waals surface area contributed by atoms with Crippen molar-refractivity contribution in [1.29, 1.82) is 0 Å². The molecule has 2 saturated carbocycles. The molecule has 3 fully saturated rings. The summed E-state index contributed by atoms with van der Waals surface area (Å²) in [5.41, 5.74) is 0.129. The quantitative estimate of drug-likeness (QED) is 0.906. The number of aliphatic hydroxyl groups is 1. The summed E-state index contributed by atoms with van der Waals surface area (Å²) >= 11 is 5.01. The minimum absolute atomic E-state index is 0.0349. The third-order valence-electron chi connectivity index (χ3n) is 4.42. The van der Waals surface area contributed by atoms with Crippen molar-refractivity contribution in [2.45, 2.75) is 18.4 Å². The van der Waals surface area contributed by atoms with E-state index in [1.54, 1.807) is 11.3 Å². The lowest BCUT2D eigenvalue weighted by atomic mass is 9.87. The zero-order valence-electron chi connectivity index (χ0n) is 9.15. The Morgan fingerprint density at radius 3 is 2.59 bits per heavy atom. The SMILES string of the molecule is O=C(N1CC(O)(c2cscc2Br)C1)C12CC1C2. The Labute approximate surface area is 112 Å². The highest BCUT2D eigenvalue weighted by atomic mass is 79.9. The summed E-state index contributed by atoms with van der Waals surface area (Å²) in [6, 6.07) is 0. The number of carbonyl (C=O) groups is 1. The molecule has 0 aromatic carbocycles. The van der Waals surface area contributed by atoms with Gasteiger partial charge in [0.15, 0.2) is 0 Å². The molecule has 1 aromatic rings. The standard InChI is InChI=1S/C12H12BrNO2S/c13-9-4-17-3-8(9)12(16)5-14(6-12)10(15)11-1-7(11)2-11/h3-4,7,16H,1-2,5-6H2. The first-order valence-corrected chi connectivity index (χ1v) is 7.53. The Kier molecular flexibility index (Phi) is 1.83. The van der Waals surface area contributed by atoms with Gasteiger partial charge in [-0.1, -0.05) is 0 Å². The Morgan fingerprint density at radius 1 is 1.47 bits per heavy atom. The lowest BCUT2D eigenvalue weighted by Crippen LogP contribution is -2.62. The van der Waals surface area contributed by atoms with Crippen molar-refractivity contribution in [1.82, 2.24) is 4.90 Å². The summed E-state index contributed by atoms with van der Waals surface area (Å²) in [6.07, 6.45) is 2.17. The third kappa shape index (κ3) is 1.28. The van der Waals surface area contributed by atoms with Crippen LogP contribution in [-0.2, 0) is 10.4 Å². The number of rotatable bonds is 2. The first-order valence-electron chi connectivity index (χ1n) is 5.79. The Hall–Kier alpha value is -0.390. The monoisotopic (exact) mass is 313 g/mol. The summed E-state index contributed by atoms with van der Waals surface area (Å²) in [6.45, 7) is 0.908. The van der Waals surface area contributed by atoms with E-state index in [1.807, 2.05) is 15.7 Å². The predicted molar refractivity (Wildman–Crippen MR) is 67.7 cm³/mol. The van der Waals surface area contributed by atoms with Crippen LogP contribution < -0.4 is 0 Å². The molecule has 0 spiro atoms. The molecule has 1 saturated heterocycles. The largest absolute Gasteiger partial charge is 0.381 e. The molecule has 17 heavy (non-hydrogen) atoms. The van der Waals surface area contributed by atoms with E-state index in [9.17, 15) is 9.90 Å². The van der Waals surface area contributed by atoms with Crippen molar-refractivity contribution >= 4 is 33.2 Å². The van der Waals surface area contributed by atoms with E-state index in [0.717, 1.165) is 22.9 Å². The van der Waals surface area contributed by atoms with E-state index >= 15 is 0 Å². The van der Waals surface area contributed by atoms with Gasteiger partial charge in [0.1, 0.15) is 5.60 Å². The highest BCUT2D eigenvalue weighted by molar-refractivity contribution is 9.10. The number of thiophene rings is 1. The number of likely N-dealkylation sites (tertiary alicyclic amines) is 1. The Bertz CT molecular complexity index is 514. The lowest BCUT2D eigenvalue weighted by Gasteiger charge is -2.47. The molecule has 1 N–H and O–H groups in total. The van der Waals surface area contributed by atoms with E-state index < -0.39 is 5.60 Å². The molecule has 0 bridgehead atoms. The molecular weight excluding hydrogens is 302 g/mol. The number of carbonyl (C=O) groups excluding carboxylic acids is 1. The molecular formula is C12H12BrNO2S. The first-order chi connectivity index (χ1) is 8.05. The average molecular weight is 314 g/mol. The second kappa shape index (κ2) is 2.95. The van der Waals surface area contributed by atoms with Crippen LogP contribution in [0.4, 0.5) is 0 Å². The van der Waals surface area contributed by atoms with Crippen molar-refractivity contribution in [2.24, 2.45) is 11.3 Å². The number of amides is 1. The van der Waals surface area contributed by atoms with E-state index in [4.69, 9.17) is 0 Å². The van der Waals surface area contributed by atoms with Gasteiger partial charge in [-0.3, -0.25) is 4.79 Å². The Balaban J connectivity index is 1.50. The van der Waals surface area contributed by atoms with E-state index in [0.29, 0.717) is 19.0 Å². The summed E-state index contributed by atoms with van der Waals surface area (Å²) in [5.74, 6) is 0.954. The second-order valence-corrected chi connectivity index (χ2v) is 7.19. The molecule has 1 aliphatic heterocycles. The van der Waals surface area contributed by atoms with Crippen molar-refractivity contribution in [3.8, 4) is 0 Å². The summed E-state index contributed by atoms with van der Waals surface area (Å²) < 4.78 is 0.950. The second-order valence-electron chi connectivity index (χ2n) is 5.59. The van der Waals surface area contributed by atoms with Gasteiger partial charge in [0.05, 0.1) is 18.5 Å². The maximum absolute atomic E-state index is 12.1. The number of hydrogen-bond donors (Lipinski definition) is 1. The summed E-state index contributed by atoms with van der Waals surface area (Å²) in [4.78, 5) is 13.9. The molecule has 5 heteroatoms. The molecule has 3 aliphatic rings. The molecule has 4 rings (SSSR count). The minimum atomic E-state index is -0.829. The van der Waals surface area contributed by atoms with Crippen LogP contribution >= 0.6 is 27.3 Å². The summed E-state index contributed by atoms with van der Waals surface area (Å²) in [5, 5.41) is 14.4. The molecule has 2 aliphatic carbocycles. The van der Waals surface area contributed by atoms with Crippen molar-refractivity contribution in [3.05, 3.63) is 20.8 Å². The first kappa shape index (κ1) is 10.5. The van der Waals surface area contributed by atoms with Crippen molar-refractivity contribution in [3.63, 3.8) is 0 Å². The van der Waals surface area contributed by atoms with Crippen LogP contribution in [0.25, 0.3) is 0 Å². The van der Waals surface area contributed by atoms with Gasteiger partial charge in [-0.2, -0.15) is 11.3 Å².